The Kier molecular flexibility index (Phi) is 6.62. The molecule has 3 aromatic rings. The molecule has 0 fully saturated rings. The third-order valence-electron chi connectivity index (χ3n) is 4.33. The van der Waals surface area contributed by atoms with E-state index in [0.29, 0.717) is 19.4 Å². The van der Waals surface area contributed by atoms with Crippen LogP contribution in [-0.4, -0.2) is 34.4 Å². The van der Waals surface area contributed by atoms with E-state index in [2.05, 4.69) is 15.4 Å². The van der Waals surface area contributed by atoms with Gasteiger partial charge in [-0.3, -0.25) is 4.79 Å². The van der Waals surface area contributed by atoms with Gasteiger partial charge in [0.25, 0.3) is 0 Å². The monoisotopic (exact) mass is 380 g/mol. The Morgan fingerprint density at radius 3 is 2.46 bits per heavy atom. The lowest BCUT2D eigenvalue weighted by atomic mass is 10.1. The van der Waals surface area contributed by atoms with E-state index in [4.69, 9.17) is 9.47 Å². The summed E-state index contributed by atoms with van der Waals surface area (Å²) in [6, 6.07) is 15.2. The third-order valence-corrected chi connectivity index (χ3v) is 4.33. The van der Waals surface area contributed by atoms with Crippen molar-refractivity contribution >= 4 is 5.91 Å². The average Bonchev–Trinajstić information content (AvgIpc) is 3.26. The van der Waals surface area contributed by atoms with Crippen LogP contribution >= 0.6 is 0 Å². The van der Waals surface area contributed by atoms with Crippen molar-refractivity contribution < 1.29 is 14.3 Å². The number of ether oxygens (including phenoxy) is 2. The van der Waals surface area contributed by atoms with Gasteiger partial charge in [-0.2, -0.15) is 5.10 Å². The number of carbonyl (C=O) groups is 1. The molecule has 2 aromatic carbocycles. The molecule has 0 saturated carbocycles. The molecule has 0 spiro atoms. The molecule has 1 heterocycles. The highest BCUT2D eigenvalue weighted by Gasteiger charge is 2.10. The maximum Gasteiger partial charge on any atom is 0.220 e. The highest BCUT2D eigenvalue weighted by molar-refractivity contribution is 5.76. The van der Waals surface area contributed by atoms with Crippen LogP contribution in [-0.2, 0) is 4.79 Å². The smallest absolute Gasteiger partial charge is 0.220 e. The number of hydrogen-bond acceptors (Lipinski definition) is 5. The molecule has 146 valence electrons. The number of rotatable bonds is 9. The number of carbonyl (C=O) groups excluding carboxylic acids is 1. The van der Waals surface area contributed by atoms with Gasteiger partial charge in [-0.05, 0) is 55.3 Å². The van der Waals surface area contributed by atoms with Crippen LogP contribution < -0.4 is 14.8 Å². The van der Waals surface area contributed by atoms with Gasteiger partial charge in [0.05, 0.1) is 25.4 Å². The zero-order chi connectivity index (χ0) is 19.8. The number of hydrogen-bond donors (Lipinski definition) is 1. The summed E-state index contributed by atoms with van der Waals surface area (Å²) in [5.74, 6) is 1.56. The fourth-order valence-electron chi connectivity index (χ4n) is 2.75. The van der Waals surface area contributed by atoms with Crippen molar-refractivity contribution in [2.24, 2.45) is 0 Å². The molecule has 1 aromatic heterocycles. The zero-order valence-corrected chi connectivity index (χ0v) is 16.0. The van der Waals surface area contributed by atoms with E-state index >= 15 is 0 Å². The Morgan fingerprint density at radius 1 is 1.11 bits per heavy atom. The molecule has 0 bridgehead atoms. The number of nitrogens with zero attached hydrogens (tertiary/aromatic N) is 3. The molecular formula is C21H24N4O3. The molecular weight excluding hydrogens is 356 g/mol. The Bertz CT molecular complexity index is 862. The summed E-state index contributed by atoms with van der Waals surface area (Å²) in [5, 5.41) is 7.12. The van der Waals surface area contributed by atoms with Gasteiger partial charge >= 0.3 is 0 Å². The number of benzene rings is 2. The molecule has 0 aliphatic rings. The van der Waals surface area contributed by atoms with Crippen molar-refractivity contribution in [2.75, 3.05) is 13.7 Å². The number of amides is 1. The maximum absolute atomic E-state index is 12.2. The van der Waals surface area contributed by atoms with Crippen LogP contribution in [0.3, 0.4) is 0 Å². The van der Waals surface area contributed by atoms with E-state index in [1.165, 1.54) is 6.33 Å². The predicted octanol–water partition coefficient (Wildman–Crippen LogP) is 3.31. The molecule has 0 unspecified atom stereocenters. The van der Waals surface area contributed by atoms with Crippen LogP contribution in [0.15, 0.2) is 61.2 Å². The SMILES string of the molecule is COc1ccc(OCCCC(=O)N[C@@H](C)c2ccc(-n3cncn3)cc2)cc1. The lowest BCUT2D eigenvalue weighted by Gasteiger charge is -2.15. The summed E-state index contributed by atoms with van der Waals surface area (Å²) < 4.78 is 12.4. The summed E-state index contributed by atoms with van der Waals surface area (Å²) in [6.07, 6.45) is 4.21. The van der Waals surface area contributed by atoms with Gasteiger partial charge in [0.15, 0.2) is 0 Å². The van der Waals surface area contributed by atoms with E-state index in [9.17, 15) is 4.79 Å². The van der Waals surface area contributed by atoms with Crippen LogP contribution in [0, 0.1) is 0 Å². The second-order valence-electron chi connectivity index (χ2n) is 6.35. The predicted molar refractivity (Wildman–Crippen MR) is 106 cm³/mol. The third kappa shape index (κ3) is 5.33. The number of aromatic nitrogens is 3. The van der Waals surface area contributed by atoms with Crippen molar-refractivity contribution in [1.82, 2.24) is 20.1 Å². The molecule has 1 atom stereocenters. The molecule has 0 aliphatic carbocycles. The van der Waals surface area contributed by atoms with Gasteiger partial charge in [-0.1, -0.05) is 12.1 Å². The highest BCUT2D eigenvalue weighted by atomic mass is 16.5. The van der Waals surface area contributed by atoms with Crippen molar-refractivity contribution in [1.29, 1.82) is 0 Å². The molecule has 0 saturated heterocycles. The van der Waals surface area contributed by atoms with Crippen LogP contribution in [0.2, 0.25) is 0 Å². The molecule has 1 N–H and O–H groups in total. The highest BCUT2D eigenvalue weighted by Crippen LogP contribution is 2.18. The summed E-state index contributed by atoms with van der Waals surface area (Å²) in [5.41, 5.74) is 1.96. The maximum atomic E-state index is 12.2. The van der Waals surface area contributed by atoms with E-state index < -0.39 is 0 Å². The minimum atomic E-state index is -0.0696. The fraction of sp³-hybridized carbons (Fsp3) is 0.286. The standard InChI is InChI=1S/C21H24N4O3/c1-16(17-5-7-18(8-6-17)25-15-22-14-23-25)24-21(26)4-3-13-28-20-11-9-19(27-2)10-12-20/h5-12,14-16H,3-4,13H2,1-2H3,(H,24,26)/t16-/m0/s1. The van der Waals surface area contributed by atoms with Gasteiger partial charge in [0.2, 0.25) is 5.91 Å². The molecule has 0 radical (unpaired) electrons. The summed E-state index contributed by atoms with van der Waals surface area (Å²) in [4.78, 5) is 16.1. The molecule has 3 rings (SSSR count). The fourth-order valence-corrected chi connectivity index (χ4v) is 2.75. The second kappa shape index (κ2) is 9.55. The Hall–Kier alpha value is -3.35. The van der Waals surface area contributed by atoms with Crippen LogP contribution in [0.5, 0.6) is 11.5 Å². The number of methoxy groups -OCH3 is 1. The first-order valence-corrected chi connectivity index (χ1v) is 9.17. The first kappa shape index (κ1) is 19.4. The minimum absolute atomic E-state index is 0.00573. The van der Waals surface area contributed by atoms with Crippen LogP contribution in [0.1, 0.15) is 31.4 Å². The van der Waals surface area contributed by atoms with Crippen LogP contribution in [0.4, 0.5) is 0 Å². The van der Waals surface area contributed by atoms with Gasteiger partial charge in [0.1, 0.15) is 24.2 Å². The molecule has 7 nitrogen and oxygen atoms in total. The van der Waals surface area contributed by atoms with Crippen molar-refractivity contribution in [3.05, 3.63) is 66.7 Å². The lowest BCUT2D eigenvalue weighted by Crippen LogP contribution is -2.26. The molecule has 28 heavy (non-hydrogen) atoms. The summed E-state index contributed by atoms with van der Waals surface area (Å²) in [7, 11) is 1.63. The van der Waals surface area contributed by atoms with Gasteiger partial charge in [0, 0.05) is 6.42 Å². The first-order chi connectivity index (χ1) is 13.7. The lowest BCUT2D eigenvalue weighted by molar-refractivity contribution is -0.121. The Balaban J connectivity index is 1.40. The van der Waals surface area contributed by atoms with Crippen molar-refractivity contribution in [3.8, 4) is 17.2 Å². The van der Waals surface area contributed by atoms with E-state index in [1.807, 2.05) is 55.5 Å². The van der Waals surface area contributed by atoms with E-state index in [-0.39, 0.29) is 11.9 Å². The minimum Gasteiger partial charge on any atom is -0.497 e. The van der Waals surface area contributed by atoms with Crippen molar-refractivity contribution in [3.63, 3.8) is 0 Å². The van der Waals surface area contributed by atoms with E-state index in [0.717, 1.165) is 22.7 Å². The zero-order valence-electron chi connectivity index (χ0n) is 16.0. The van der Waals surface area contributed by atoms with Gasteiger partial charge in [-0.25, -0.2) is 9.67 Å². The van der Waals surface area contributed by atoms with Gasteiger partial charge < -0.3 is 14.8 Å². The quantitative estimate of drug-likeness (QED) is 0.576. The van der Waals surface area contributed by atoms with Crippen LogP contribution in [0.25, 0.3) is 5.69 Å². The molecule has 0 aliphatic heterocycles. The second-order valence-corrected chi connectivity index (χ2v) is 6.35. The summed E-state index contributed by atoms with van der Waals surface area (Å²) >= 11 is 0. The summed E-state index contributed by atoms with van der Waals surface area (Å²) in [6.45, 7) is 2.46. The Labute approximate surface area is 164 Å². The first-order valence-electron chi connectivity index (χ1n) is 9.17. The number of nitrogens with one attached hydrogen (secondary N) is 1. The molecule has 1 amide bonds. The van der Waals surface area contributed by atoms with Gasteiger partial charge in [-0.15, -0.1) is 0 Å². The Morgan fingerprint density at radius 2 is 1.82 bits per heavy atom. The van der Waals surface area contributed by atoms with E-state index in [1.54, 1.807) is 18.1 Å². The molecule has 7 heteroatoms. The van der Waals surface area contributed by atoms with Crippen molar-refractivity contribution in [2.45, 2.75) is 25.8 Å². The normalized spacial score (nSPS) is 11.6. The topological polar surface area (TPSA) is 78.3 Å². The average molecular weight is 380 g/mol. The largest absolute Gasteiger partial charge is 0.497 e.